The fraction of sp³-hybridized carbons (Fsp3) is 0.400. The van der Waals surface area contributed by atoms with Crippen LogP contribution in [-0.4, -0.2) is 27.5 Å². The van der Waals surface area contributed by atoms with Gasteiger partial charge in [0.1, 0.15) is 15.4 Å². The van der Waals surface area contributed by atoms with Gasteiger partial charge in [-0.05, 0) is 31.7 Å². The molecule has 2 aromatic heterocycles. The van der Waals surface area contributed by atoms with Crippen molar-refractivity contribution in [1.82, 2.24) is 10.3 Å². The minimum atomic E-state index is -1.26. The Morgan fingerprint density at radius 3 is 2.73 bits per heavy atom. The van der Waals surface area contributed by atoms with Crippen LogP contribution < -0.4 is 5.32 Å². The molecule has 0 aliphatic carbocycles. The summed E-state index contributed by atoms with van der Waals surface area (Å²) in [4.78, 5) is 29.8. The molecule has 0 radical (unpaired) electrons. The Labute approximate surface area is 137 Å². The molecule has 2 heterocycles. The minimum absolute atomic E-state index is 0.379. The second-order valence-corrected chi connectivity index (χ2v) is 7.20. The molecule has 2 aromatic rings. The first-order chi connectivity index (χ1) is 10.4. The molecule has 7 heteroatoms. The molecule has 0 fully saturated rings. The van der Waals surface area contributed by atoms with Gasteiger partial charge in [0.25, 0.3) is 5.91 Å². The van der Waals surface area contributed by atoms with E-state index in [2.05, 4.69) is 10.3 Å². The molecule has 2 N–H and O–H groups in total. The summed E-state index contributed by atoms with van der Waals surface area (Å²) >= 11 is 2.85. The van der Waals surface area contributed by atoms with Crippen LogP contribution in [0.4, 0.5) is 0 Å². The molecule has 1 amide bonds. The van der Waals surface area contributed by atoms with Crippen LogP contribution in [0.25, 0.3) is 9.88 Å². The van der Waals surface area contributed by atoms with E-state index in [9.17, 15) is 14.7 Å². The van der Waals surface area contributed by atoms with Crippen LogP contribution in [0.1, 0.15) is 42.1 Å². The summed E-state index contributed by atoms with van der Waals surface area (Å²) in [5, 5.41) is 14.7. The fourth-order valence-corrected chi connectivity index (χ4v) is 3.90. The van der Waals surface area contributed by atoms with Crippen LogP contribution in [0.5, 0.6) is 0 Å². The molecule has 0 aliphatic heterocycles. The van der Waals surface area contributed by atoms with Crippen LogP contribution in [0.15, 0.2) is 17.5 Å². The molecule has 1 atom stereocenters. The quantitative estimate of drug-likeness (QED) is 0.844. The summed E-state index contributed by atoms with van der Waals surface area (Å²) in [6.45, 7) is 5.19. The molecule has 0 spiro atoms. The van der Waals surface area contributed by atoms with Gasteiger partial charge in [-0.2, -0.15) is 0 Å². The number of hydrogen-bond donors (Lipinski definition) is 2. The number of amides is 1. The van der Waals surface area contributed by atoms with Crippen LogP contribution >= 0.6 is 22.7 Å². The molecule has 0 bridgehead atoms. The number of aryl methyl sites for hydroxylation is 1. The molecule has 2 rings (SSSR count). The maximum Gasteiger partial charge on any atom is 0.329 e. The van der Waals surface area contributed by atoms with Crippen molar-refractivity contribution in [2.24, 2.45) is 0 Å². The molecule has 5 nitrogen and oxygen atoms in total. The number of carbonyl (C=O) groups is 2. The van der Waals surface area contributed by atoms with E-state index in [0.717, 1.165) is 9.88 Å². The molecule has 1 unspecified atom stereocenters. The molecule has 22 heavy (non-hydrogen) atoms. The molecular weight excluding hydrogens is 320 g/mol. The molecular formula is C15H18N2O3S2. The number of thiazole rings is 1. The second-order valence-electron chi connectivity index (χ2n) is 5.25. The highest BCUT2D eigenvalue weighted by Crippen LogP contribution is 2.31. The third-order valence-electron chi connectivity index (χ3n) is 3.35. The number of carboxylic acids is 1. The van der Waals surface area contributed by atoms with Gasteiger partial charge in [0, 0.05) is 0 Å². The maximum absolute atomic E-state index is 12.4. The summed E-state index contributed by atoms with van der Waals surface area (Å²) < 4.78 is 0. The highest BCUT2D eigenvalue weighted by Gasteiger charge is 2.35. The highest BCUT2D eigenvalue weighted by molar-refractivity contribution is 7.22. The summed E-state index contributed by atoms with van der Waals surface area (Å²) in [5.74, 6) is -1.40. The number of carboxylic acid groups (broad SMARTS) is 1. The standard InChI is InChI=1S/C15H18N2O3S2/c1-4-7-15(3,14(19)20)17-12(18)11-9(2)16-13(22-11)10-6-5-8-21-10/h5-6,8H,4,7H2,1-3H3,(H,17,18)(H,19,20). The van der Waals surface area contributed by atoms with Crippen molar-refractivity contribution in [2.75, 3.05) is 0 Å². The Morgan fingerprint density at radius 1 is 1.45 bits per heavy atom. The van der Waals surface area contributed by atoms with Gasteiger partial charge < -0.3 is 10.4 Å². The van der Waals surface area contributed by atoms with E-state index in [1.165, 1.54) is 18.3 Å². The number of rotatable bonds is 6. The SMILES string of the molecule is CCCC(C)(NC(=O)c1sc(-c2cccs2)nc1C)C(=O)O. The minimum Gasteiger partial charge on any atom is -0.480 e. The van der Waals surface area contributed by atoms with Crippen LogP contribution in [-0.2, 0) is 4.79 Å². The summed E-state index contributed by atoms with van der Waals surface area (Å²) in [5.41, 5.74) is -0.638. The largest absolute Gasteiger partial charge is 0.480 e. The number of aromatic nitrogens is 1. The Kier molecular flexibility index (Phi) is 4.97. The average molecular weight is 338 g/mol. The maximum atomic E-state index is 12.4. The van der Waals surface area contributed by atoms with E-state index >= 15 is 0 Å². The average Bonchev–Trinajstić information content (AvgIpc) is 3.07. The van der Waals surface area contributed by atoms with E-state index in [1.54, 1.807) is 18.3 Å². The predicted molar refractivity (Wildman–Crippen MR) is 88.6 cm³/mol. The van der Waals surface area contributed by atoms with Crippen LogP contribution in [0, 0.1) is 6.92 Å². The molecule has 0 aromatic carbocycles. The topological polar surface area (TPSA) is 79.3 Å². The Hall–Kier alpha value is -1.73. The number of nitrogens with zero attached hydrogens (tertiary/aromatic N) is 1. The van der Waals surface area contributed by atoms with Crippen molar-refractivity contribution in [3.05, 3.63) is 28.1 Å². The van der Waals surface area contributed by atoms with Crippen molar-refractivity contribution < 1.29 is 14.7 Å². The Bertz CT molecular complexity index is 679. The first-order valence-corrected chi connectivity index (χ1v) is 8.64. The normalized spacial score (nSPS) is 13.6. The first kappa shape index (κ1) is 16.6. The third-order valence-corrected chi connectivity index (χ3v) is 5.54. The van der Waals surface area contributed by atoms with Gasteiger partial charge in [-0.1, -0.05) is 19.4 Å². The number of carbonyl (C=O) groups excluding carboxylic acids is 1. The number of thiophene rings is 1. The molecule has 0 saturated heterocycles. The van der Waals surface area contributed by atoms with Crippen molar-refractivity contribution in [3.8, 4) is 9.88 Å². The van der Waals surface area contributed by atoms with Crippen molar-refractivity contribution in [2.45, 2.75) is 39.2 Å². The van der Waals surface area contributed by atoms with E-state index in [-0.39, 0.29) is 5.91 Å². The van der Waals surface area contributed by atoms with Gasteiger partial charge in [-0.25, -0.2) is 9.78 Å². The van der Waals surface area contributed by atoms with Gasteiger partial charge in [0.05, 0.1) is 10.6 Å². The van der Waals surface area contributed by atoms with Crippen molar-refractivity contribution >= 4 is 34.6 Å². The number of aliphatic carboxylic acids is 1. The summed E-state index contributed by atoms with van der Waals surface area (Å²) in [6, 6.07) is 3.88. The molecule has 0 aliphatic rings. The van der Waals surface area contributed by atoms with Crippen LogP contribution in [0.2, 0.25) is 0 Å². The monoisotopic (exact) mass is 338 g/mol. The van der Waals surface area contributed by atoms with Gasteiger partial charge in [0.15, 0.2) is 0 Å². The van der Waals surface area contributed by atoms with E-state index in [1.807, 2.05) is 24.4 Å². The molecule has 118 valence electrons. The summed E-state index contributed by atoms with van der Waals surface area (Å²) in [6.07, 6.45) is 1.05. The Balaban J connectivity index is 2.25. The summed E-state index contributed by atoms with van der Waals surface area (Å²) in [7, 11) is 0. The Morgan fingerprint density at radius 2 is 2.18 bits per heavy atom. The van der Waals surface area contributed by atoms with Gasteiger partial charge >= 0.3 is 5.97 Å². The van der Waals surface area contributed by atoms with Gasteiger partial charge in [0.2, 0.25) is 0 Å². The fourth-order valence-electron chi connectivity index (χ4n) is 2.14. The van der Waals surface area contributed by atoms with Gasteiger partial charge in [-0.15, -0.1) is 22.7 Å². The predicted octanol–water partition coefficient (Wildman–Crippen LogP) is 3.55. The lowest BCUT2D eigenvalue weighted by molar-refractivity contribution is -0.144. The zero-order valence-electron chi connectivity index (χ0n) is 12.7. The number of nitrogens with one attached hydrogen (secondary N) is 1. The van der Waals surface area contributed by atoms with E-state index in [0.29, 0.717) is 23.4 Å². The lowest BCUT2D eigenvalue weighted by Gasteiger charge is -2.25. The van der Waals surface area contributed by atoms with Crippen LogP contribution in [0.3, 0.4) is 0 Å². The number of hydrogen-bond acceptors (Lipinski definition) is 5. The van der Waals surface area contributed by atoms with Gasteiger partial charge in [-0.3, -0.25) is 4.79 Å². The van der Waals surface area contributed by atoms with Crippen molar-refractivity contribution in [1.29, 1.82) is 0 Å². The first-order valence-electron chi connectivity index (χ1n) is 6.94. The lowest BCUT2D eigenvalue weighted by atomic mass is 9.96. The third kappa shape index (κ3) is 3.36. The smallest absolute Gasteiger partial charge is 0.329 e. The van der Waals surface area contributed by atoms with Crippen molar-refractivity contribution in [3.63, 3.8) is 0 Å². The highest BCUT2D eigenvalue weighted by atomic mass is 32.1. The lowest BCUT2D eigenvalue weighted by Crippen LogP contribution is -2.52. The van der Waals surface area contributed by atoms with E-state index < -0.39 is 11.5 Å². The second kappa shape index (κ2) is 6.58. The van der Waals surface area contributed by atoms with E-state index in [4.69, 9.17) is 0 Å². The zero-order chi connectivity index (χ0) is 16.3. The molecule has 0 saturated carbocycles. The zero-order valence-corrected chi connectivity index (χ0v) is 14.3.